The van der Waals surface area contributed by atoms with E-state index in [9.17, 15) is 13.2 Å². The second-order valence-corrected chi connectivity index (χ2v) is 12.7. The minimum atomic E-state index is -3.14. The Morgan fingerprint density at radius 1 is 0.976 bits per heavy atom. The first kappa shape index (κ1) is 27.5. The van der Waals surface area contributed by atoms with E-state index >= 15 is 0 Å². The van der Waals surface area contributed by atoms with Crippen molar-refractivity contribution in [1.29, 1.82) is 0 Å². The summed E-state index contributed by atoms with van der Waals surface area (Å²) in [6.45, 7) is 2.02. The fourth-order valence-corrected chi connectivity index (χ4v) is 7.13. The van der Waals surface area contributed by atoms with Gasteiger partial charge in [-0.25, -0.2) is 13.4 Å². The number of aromatic nitrogens is 4. The maximum atomic E-state index is 13.2. The Hall–Kier alpha value is -4.63. The second kappa shape index (κ2) is 11.7. The Bertz CT molecular complexity index is 1840. The van der Waals surface area contributed by atoms with Crippen LogP contribution in [0.1, 0.15) is 46.6 Å². The van der Waals surface area contributed by atoms with Crippen molar-refractivity contribution >= 4 is 21.6 Å². The number of carbonyl (C=O) groups is 1. The van der Waals surface area contributed by atoms with Gasteiger partial charge in [-0.1, -0.05) is 61.5 Å². The van der Waals surface area contributed by atoms with Gasteiger partial charge in [-0.3, -0.25) is 14.5 Å². The van der Waals surface area contributed by atoms with E-state index in [1.807, 2.05) is 90.5 Å². The lowest BCUT2D eigenvalue weighted by Gasteiger charge is -2.15. The van der Waals surface area contributed by atoms with Crippen molar-refractivity contribution in [1.82, 2.24) is 19.7 Å². The molecule has 1 aliphatic heterocycles. The molecule has 2 aromatic carbocycles. The maximum absolute atomic E-state index is 13.2. The van der Waals surface area contributed by atoms with Crippen molar-refractivity contribution in [3.8, 4) is 22.6 Å². The molecule has 42 heavy (non-hydrogen) atoms. The Balaban J connectivity index is 1.42. The van der Waals surface area contributed by atoms with Gasteiger partial charge in [0.1, 0.15) is 11.5 Å². The van der Waals surface area contributed by atoms with E-state index in [0.29, 0.717) is 35.6 Å². The van der Waals surface area contributed by atoms with Gasteiger partial charge in [-0.05, 0) is 54.8 Å². The molecule has 1 amide bonds. The van der Waals surface area contributed by atoms with Crippen molar-refractivity contribution in [3.63, 3.8) is 0 Å². The standard InChI is InChI=1S/C33H31N5O3S/c1-2-26-14-9-16-30(35-26)36-33(39)25-13-8-10-23(20-25)21-28-31(29-15-6-7-18-34-29)37-38(27-17-19-42(40,41)22-27)32(28)24-11-4-3-5-12-24/h3-16,18,20,27H,2,17,19,21-22H2,1H3,(H,35,36,39). The number of hydrogen-bond acceptors (Lipinski definition) is 6. The monoisotopic (exact) mass is 577 g/mol. The number of sulfone groups is 1. The first-order valence-electron chi connectivity index (χ1n) is 14.0. The molecule has 212 valence electrons. The zero-order valence-electron chi connectivity index (χ0n) is 23.3. The Morgan fingerprint density at radius 3 is 2.52 bits per heavy atom. The predicted octanol–water partition coefficient (Wildman–Crippen LogP) is 5.77. The van der Waals surface area contributed by atoms with Crippen molar-refractivity contribution < 1.29 is 13.2 Å². The molecule has 0 aliphatic carbocycles. The van der Waals surface area contributed by atoms with Gasteiger partial charge in [0.05, 0.1) is 28.9 Å². The van der Waals surface area contributed by atoms with Crippen LogP contribution < -0.4 is 5.32 Å². The molecule has 0 bridgehead atoms. The third-order valence-electron chi connectivity index (χ3n) is 7.50. The highest BCUT2D eigenvalue weighted by Gasteiger charge is 2.33. The van der Waals surface area contributed by atoms with Crippen LogP contribution in [0.4, 0.5) is 5.82 Å². The molecule has 1 fully saturated rings. The molecule has 0 saturated carbocycles. The third kappa shape index (κ3) is 5.87. The number of nitrogens with zero attached hydrogens (tertiary/aromatic N) is 4. The van der Waals surface area contributed by atoms with Gasteiger partial charge in [-0.15, -0.1) is 0 Å². The fraction of sp³-hybridized carbons (Fsp3) is 0.212. The first-order valence-corrected chi connectivity index (χ1v) is 15.9. The second-order valence-electron chi connectivity index (χ2n) is 10.5. The lowest BCUT2D eigenvalue weighted by Crippen LogP contribution is -2.14. The number of anilines is 1. The van der Waals surface area contributed by atoms with Gasteiger partial charge in [0, 0.05) is 35.0 Å². The van der Waals surface area contributed by atoms with Gasteiger partial charge in [-0.2, -0.15) is 5.10 Å². The predicted molar refractivity (Wildman–Crippen MR) is 164 cm³/mol. The molecule has 8 nitrogen and oxygen atoms in total. The number of benzene rings is 2. The Labute approximate surface area is 245 Å². The summed E-state index contributed by atoms with van der Waals surface area (Å²) in [5, 5.41) is 7.95. The zero-order chi connectivity index (χ0) is 29.1. The molecule has 1 saturated heterocycles. The number of aryl methyl sites for hydroxylation is 1. The smallest absolute Gasteiger partial charge is 0.256 e. The van der Waals surface area contributed by atoms with Gasteiger partial charge >= 0.3 is 0 Å². The molecule has 0 spiro atoms. The van der Waals surface area contributed by atoms with E-state index in [1.54, 1.807) is 18.3 Å². The van der Waals surface area contributed by atoms with Crippen molar-refractivity contribution in [2.24, 2.45) is 0 Å². The van der Waals surface area contributed by atoms with Gasteiger partial charge in [0.15, 0.2) is 9.84 Å². The molecule has 1 unspecified atom stereocenters. The highest BCUT2D eigenvalue weighted by Crippen LogP contribution is 2.37. The molecule has 3 aromatic heterocycles. The van der Waals surface area contributed by atoms with Crippen LogP contribution >= 0.6 is 0 Å². The molecule has 1 atom stereocenters. The van der Waals surface area contributed by atoms with E-state index in [4.69, 9.17) is 5.10 Å². The molecule has 9 heteroatoms. The van der Waals surface area contributed by atoms with Crippen LogP contribution in [0.5, 0.6) is 0 Å². The summed E-state index contributed by atoms with van der Waals surface area (Å²) in [6, 6.07) is 28.5. The SMILES string of the molecule is CCc1cccc(NC(=O)c2cccc(Cc3c(-c4ccccn4)nn(C4CCS(=O)(=O)C4)c3-c3ccccc3)c2)n1. The number of pyridine rings is 2. The molecule has 0 radical (unpaired) electrons. The summed E-state index contributed by atoms with van der Waals surface area (Å²) in [5.41, 5.74) is 6.51. The summed E-state index contributed by atoms with van der Waals surface area (Å²) >= 11 is 0. The van der Waals surface area contributed by atoms with Crippen LogP contribution in [0.15, 0.2) is 97.2 Å². The molecular formula is C33H31N5O3S. The van der Waals surface area contributed by atoms with E-state index in [1.165, 1.54) is 0 Å². The van der Waals surface area contributed by atoms with Crippen molar-refractivity contribution in [3.05, 3.63) is 120 Å². The summed E-state index contributed by atoms with van der Waals surface area (Å²) in [4.78, 5) is 22.3. The minimum Gasteiger partial charge on any atom is -0.307 e. The van der Waals surface area contributed by atoms with E-state index in [0.717, 1.165) is 34.5 Å². The first-order chi connectivity index (χ1) is 20.4. The van der Waals surface area contributed by atoms with Crippen LogP contribution in [-0.4, -0.2) is 45.6 Å². The van der Waals surface area contributed by atoms with Crippen LogP contribution in [0.2, 0.25) is 0 Å². The Morgan fingerprint density at radius 2 is 1.79 bits per heavy atom. The summed E-state index contributed by atoms with van der Waals surface area (Å²) in [6.07, 6.45) is 3.49. The highest BCUT2D eigenvalue weighted by atomic mass is 32.2. The average Bonchev–Trinajstić information content (AvgIpc) is 3.57. The fourth-order valence-electron chi connectivity index (χ4n) is 5.44. The molecular weight excluding hydrogens is 546 g/mol. The maximum Gasteiger partial charge on any atom is 0.256 e. The largest absolute Gasteiger partial charge is 0.307 e. The van der Waals surface area contributed by atoms with Crippen molar-refractivity contribution in [2.45, 2.75) is 32.2 Å². The average molecular weight is 578 g/mol. The highest BCUT2D eigenvalue weighted by molar-refractivity contribution is 7.91. The van der Waals surface area contributed by atoms with Crippen LogP contribution in [0.25, 0.3) is 22.6 Å². The quantitative estimate of drug-likeness (QED) is 0.251. The summed E-state index contributed by atoms with van der Waals surface area (Å²) in [7, 11) is -3.14. The van der Waals surface area contributed by atoms with E-state index < -0.39 is 9.84 Å². The Kier molecular flexibility index (Phi) is 7.67. The lowest BCUT2D eigenvalue weighted by molar-refractivity contribution is 0.102. The van der Waals surface area contributed by atoms with Gasteiger partial charge in [0.25, 0.3) is 5.91 Å². The number of nitrogens with one attached hydrogen (secondary N) is 1. The molecule has 5 aromatic rings. The van der Waals surface area contributed by atoms with E-state index in [2.05, 4.69) is 15.3 Å². The van der Waals surface area contributed by atoms with Crippen molar-refractivity contribution in [2.75, 3.05) is 16.8 Å². The molecule has 1 N–H and O–H groups in total. The van der Waals surface area contributed by atoms with Gasteiger partial charge < -0.3 is 5.32 Å². The number of carbonyl (C=O) groups excluding carboxylic acids is 1. The topological polar surface area (TPSA) is 107 Å². The summed E-state index contributed by atoms with van der Waals surface area (Å²) in [5.74, 6) is 0.477. The van der Waals surface area contributed by atoms with Crippen LogP contribution in [0, 0.1) is 0 Å². The molecule has 4 heterocycles. The van der Waals surface area contributed by atoms with Gasteiger partial charge in [0.2, 0.25) is 0 Å². The number of rotatable bonds is 8. The zero-order valence-corrected chi connectivity index (χ0v) is 24.1. The number of amides is 1. The lowest BCUT2D eigenvalue weighted by atomic mass is 9.96. The molecule has 6 rings (SSSR count). The number of hydrogen-bond donors (Lipinski definition) is 1. The van der Waals surface area contributed by atoms with Crippen LogP contribution in [0.3, 0.4) is 0 Å². The minimum absolute atomic E-state index is 0.0541. The summed E-state index contributed by atoms with van der Waals surface area (Å²) < 4.78 is 26.9. The van der Waals surface area contributed by atoms with E-state index in [-0.39, 0.29) is 23.5 Å². The van der Waals surface area contributed by atoms with Crippen LogP contribution in [-0.2, 0) is 22.7 Å². The molecule has 1 aliphatic rings. The third-order valence-corrected chi connectivity index (χ3v) is 9.25. The normalized spacial score (nSPS) is 15.9.